The number of hydrogen-bond donors (Lipinski definition) is 1. The molecule has 6 heterocycles. The summed E-state index contributed by atoms with van der Waals surface area (Å²) >= 11 is 0. The van der Waals surface area contributed by atoms with Gasteiger partial charge in [-0.05, 0) is 42.0 Å². The fraction of sp³-hybridized carbons (Fsp3) is 0.390. The van der Waals surface area contributed by atoms with Crippen molar-refractivity contribution in [2.75, 3.05) is 91.0 Å². The topological polar surface area (TPSA) is 167 Å². The summed E-state index contributed by atoms with van der Waals surface area (Å²) in [4.78, 5) is 55.8. The number of pyridine rings is 3. The second-order valence-electron chi connectivity index (χ2n) is 15.2. The van der Waals surface area contributed by atoms with Gasteiger partial charge in [-0.15, -0.1) is 0 Å². The first kappa shape index (κ1) is 40.9. The molecular formula is C41H46F2N9O7+. The van der Waals surface area contributed by atoms with Crippen LogP contribution >= 0.6 is 0 Å². The van der Waals surface area contributed by atoms with Gasteiger partial charge in [-0.3, -0.25) is 9.59 Å². The predicted octanol–water partition coefficient (Wildman–Crippen LogP) is 5.09. The molecule has 59 heavy (non-hydrogen) atoms. The number of aromatic nitrogens is 3. The van der Waals surface area contributed by atoms with Crippen molar-refractivity contribution in [3.63, 3.8) is 0 Å². The number of amides is 1. The SMILES string of the molecule is COc1cc(OC)c(F)c(-c2cc3cnc(Nc4ccc(N5CCOCC5)cn4)cc3n(C3CCN(C(=O)/C=C/C[N+](C)(C)CC4=C([N+](=O)[O-])N=CC4)CC3)c2=O)c1F. The molecule has 2 saturated heterocycles. The van der Waals surface area contributed by atoms with Crippen LogP contribution in [0.4, 0.5) is 26.1 Å². The molecule has 7 rings (SSSR count). The van der Waals surface area contributed by atoms with Crippen molar-refractivity contribution in [2.45, 2.75) is 25.3 Å². The van der Waals surface area contributed by atoms with E-state index in [0.29, 0.717) is 91.3 Å². The van der Waals surface area contributed by atoms with Crippen LogP contribution in [0.5, 0.6) is 11.5 Å². The van der Waals surface area contributed by atoms with Gasteiger partial charge in [0.2, 0.25) is 5.91 Å². The molecule has 1 amide bonds. The summed E-state index contributed by atoms with van der Waals surface area (Å²) < 4.78 is 49.6. The molecule has 0 spiro atoms. The Bertz CT molecular complexity index is 2370. The number of rotatable bonds is 13. The number of likely N-dealkylation sites (tertiary alicyclic amines) is 1. The average Bonchev–Trinajstić information content (AvgIpc) is 3.69. The van der Waals surface area contributed by atoms with Crippen LogP contribution in [-0.2, 0) is 9.53 Å². The first-order chi connectivity index (χ1) is 28.4. The molecule has 0 bridgehead atoms. The third-order valence-electron chi connectivity index (χ3n) is 10.8. The van der Waals surface area contributed by atoms with Crippen LogP contribution in [0.1, 0.15) is 25.3 Å². The van der Waals surface area contributed by atoms with E-state index in [1.165, 1.54) is 43.3 Å². The van der Waals surface area contributed by atoms with Gasteiger partial charge in [-0.25, -0.2) is 18.7 Å². The Balaban J connectivity index is 1.16. The highest BCUT2D eigenvalue weighted by Crippen LogP contribution is 2.38. The standard InChI is InChI=1S/C41H45F2N9O7/c1-52(2,25-26-9-12-44-40(26)51(55)56)17-5-6-36(53)49-13-10-28(11-14-49)50-31-21-35(47-34-8-7-29(24-46-34)48-15-18-59-19-16-48)45-23-27(31)20-30(41(50)54)37-38(42)32(57-3)22-33(58-4)39(37)43/h5-8,12,20-24,28H,9-11,13-19,25H2,1-4H3/p+1/b6-5+. The minimum absolute atomic E-state index is 0.120. The Hall–Kier alpha value is -6.27. The molecule has 0 unspecified atom stereocenters. The highest BCUT2D eigenvalue weighted by molar-refractivity contribution is 5.88. The van der Waals surface area contributed by atoms with Crippen molar-refractivity contribution in [3.05, 3.63) is 98.4 Å². The number of aliphatic imine (C=N–C) groups is 1. The number of anilines is 3. The van der Waals surface area contributed by atoms with E-state index in [2.05, 4.69) is 25.2 Å². The average molecular weight is 815 g/mol. The number of methoxy groups -OCH3 is 2. The molecule has 0 aliphatic carbocycles. The molecule has 3 aromatic heterocycles. The Morgan fingerprint density at radius 2 is 1.71 bits per heavy atom. The van der Waals surface area contributed by atoms with Gasteiger partial charge in [0.1, 0.15) is 24.4 Å². The van der Waals surface area contributed by atoms with Crippen LogP contribution in [0.3, 0.4) is 0 Å². The number of carbonyl (C=O) groups is 1. The minimum atomic E-state index is -1.05. The lowest BCUT2D eigenvalue weighted by Crippen LogP contribution is -2.42. The number of nitro groups is 1. The lowest BCUT2D eigenvalue weighted by atomic mass is 9.99. The molecular weight excluding hydrogens is 769 g/mol. The molecule has 0 atom stereocenters. The number of quaternary nitrogens is 1. The fourth-order valence-corrected chi connectivity index (χ4v) is 7.77. The smallest absolute Gasteiger partial charge is 0.368 e. The van der Waals surface area contributed by atoms with E-state index in [-0.39, 0.29) is 28.8 Å². The summed E-state index contributed by atoms with van der Waals surface area (Å²) in [6.45, 7) is 4.30. The van der Waals surface area contributed by atoms with E-state index in [1.807, 2.05) is 26.2 Å². The Kier molecular flexibility index (Phi) is 12.0. The summed E-state index contributed by atoms with van der Waals surface area (Å²) in [5.74, 6) is -2.08. The molecule has 4 aromatic rings. The molecule has 3 aliphatic rings. The zero-order valence-corrected chi connectivity index (χ0v) is 33.3. The Morgan fingerprint density at radius 3 is 2.36 bits per heavy atom. The lowest BCUT2D eigenvalue weighted by Gasteiger charge is -2.33. The van der Waals surface area contributed by atoms with Crippen LogP contribution < -0.4 is 25.2 Å². The molecule has 2 fully saturated rings. The second-order valence-corrected chi connectivity index (χ2v) is 15.2. The van der Waals surface area contributed by atoms with E-state index in [1.54, 1.807) is 23.2 Å². The minimum Gasteiger partial charge on any atom is -0.494 e. The van der Waals surface area contributed by atoms with Gasteiger partial charge in [0.15, 0.2) is 23.1 Å². The van der Waals surface area contributed by atoms with Gasteiger partial charge in [0.25, 0.3) is 5.56 Å². The first-order valence-corrected chi connectivity index (χ1v) is 19.2. The monoisotopic (exact) mass is 814 g/mol. The third-order valence-corrected chi connectivity index (χ3v) is 10.8. The molecule has 1 N–H and O–H groups in total. The van der Waals surface area contributed by atoms with Gasteiger partial charge < -0.3 is 48.5 Å². The summed E-state index contributed by atoms with van der Waals surface area (Å²) in [7, 11) is 6.33. The molecule has 16 nitrogen and oxygen atoms in total. The number of morpholine rings is 1. The Morgan fingerprint density at radius 1 is 1.02 bits per heavy atom. The molecule has 310 valence electrons. The number of ether oxygens (including phenoxy) is 3. The van der Waals surface area contributed by atoms with E-state index >= 15 is 8.78 Å². The number of nitrogens with one attached hydrogen (secondary N) is 1. The predicted molar refractivity (Wildman–Crippen MR) is 218 cm³/mol. The van der Waals surface area contributed by atoms with E-state index < -0.39 is 33.7 Å². The maximum absolute atomic E-state index is 15.9. The van der Waals surface area contributed by atoms with E-state index in [0.717, 1.165) is 24.8 Å². The number of benzene rings is 1. The van der Waals surface area contributed by atoms with Crippen LogP contribution in [0.25, 0.3) is 22.0 Å². The molecule has 18 heteroatoms. The van der Waals surface area contributed by atoms with E-state index in [9.17, 15) is 19.7 Å². The second kappa shape index (κ2) is 17.3. The van der Waals surface area contributed by atoms with Crippen molar-refractivity contribution in [3.8, 4) is 22.6 Å². The number of fused-ring (bicyclic) bond motifs is 1. The quantitative estimate of drug-likeness (QED) is 0.0827. The fourth-order valence-electron chi connectivity index (χ4n) is 7.77. The highest BCUT2D eigenvalue weighted by atomic mass is 19.1. The molecule has 0 saturated carbocycles. The van der Waals surface area contributed by atoms with E-state index in [4.69, 9.17) is 14.2 Å². The Labute approximate surface area is 338 Å². The molecule has 3 aliphatic heterocycles. The number of hydrogen-bond acceptors (Lipinski definition) is 12. The third kappa shape index (κ3) is 8.78. The van der Waals surface area contributed by atoms with Crippen molar-refractivity contribution in [1.29, 1.82) is 0 Å². The normalized spacial score (nSPS) is 16.4. The van der Waals surface area contributed by atoms with Crippen LogP contribution in [-0.4, -0.2) is 122 Å². The van der Waals surface area contributed by atoms with Crippen LogP contribution in [0.2, 0.25) is 0 Å². The van der Waals surface area contributed by atoms with Crippen molar-refractivity contribution in [2.24, 2.45) is 4.99 Å². The van der Waals surface area contributed by atoms with Gasteiger partial charge >= 0.3 is 5.82 Å². The maximum atomic E-state index is 15.9. The summed E-state index contributed by atoms with van der Waals surface area (Å²) in [5.41, 5.74) is 0.620. The van der Waals surface area contributed by atoms with Crippen molar-refractivity contribution in [1.82, 2.24) is 19.4 Å². The molecule has 0 radical (unpaired) electrons. The largest absolute Gasteiger partial charge is 0.494 e. The number of halogens is 2. The highest BCUT2D eigenvalue weighted by Gasteiger charge is 2.31. The van der Waals surface area contributed by atoms with Gasteiger partial charge in [0.05, 0.1) is 82.2 Å². The van der Waals surface area contributed by atoms with Crippen LogP contribution in [0.15, 0.2) is 76.1 Å². The molecule has 1 aromatic carbocycles. The lowest BCUT2D eigenvalue weighted by molar-refractivity contribution is -0.880. The maximum Gasteiger partial charge on any atom is 0.368 e. The van der Waals surface area contributed by atoms with Gasteiger partial charge in [-0.2, -0.15) is 0 Å². The summed E-state index contributed by atoms with van der Waals surface area (Å²) in [6.07, 6.45) is 9.27. The van der Waals surface area contributed by atoms with Crippen LogP contribution in [0, 0.1) is 21.7 Å². The number of nitrogens with zero attached hydrogens (tertiary/aromatic N) is 8. The van der Waals surface area contributed by atoms with Crippen molar-refractivity contribution < 1.29 is 37.2 Å². The number of likely N-dealkylation sites (N-methyl/N-ethyl adjacent to an activating group) is 1. The summed E-state index contributed by atoms with van der Waals surface area (Å²) in [6, 6.07) is 7.55. The number of piperidine rings is 1. The zero-order chi connectivity index (χ0) is 41.8. The first-order valence-electron chi connectivity index (χ1n) is 19.2. The number of carbonyl (C=O) groups excluding carboxylic acids is 1. The van der Waals surface area contributed by atoms with Gasteiger partial charge in [0, 0.05) is 68.4 Å². The van der Waals surface area contributed by atoms with Crippen molar-refractivity contribution >= 4 is 40.3 Å². The zero-order valence-electron chi connectivity index (χ0n) is 33.3. The van der Waals surface area contributed by atoms with Gasteiger partial charge in [-0.1, -0.05) is 4.99 Å². The summed E-state index contributed by atoms with van der Waals surface area (Å²) in [5, 5.41) is 15.0.